The molecule has 2 aromatic rings. The Bertz CT molecular complexity index is 673. The molecule has 4 heteroatoms. The van der Waals surface area contributed by atoms with Crippen molar-refractivity contribution < 1.29 is 9.53 Å². The maximum Gasteiger partial charge on any atom is 0.328 e. The molecule has 0 saturated heterocycles. The molecule has 20 heavy (non-hydrogen) atoms. The number of aromatic nitrogens is 1. The van der Waals surface area contributed by atoms with Crippen molar-refractivity contribution in [1.29, 1.82) is 0 Å². The molecule has 0 aliphatic rings. The van der Waals surface area contributed by atoms with Crippen molar-refractivity contribution in [2.24, 2.45) is 5.92 Å². The summed E-state index contributed by atoms with van der Waals surface area (Å²) in [5, 5.41) is 1.48. The van der Waals surface area contributed by atoms with Crippen molar-refractivity contribution >= 4 is 16.7 Å². The molecule has 0 N–H and O–H groups in total. The quantitative estimate of drug-likeness (QED) is 0.805. The lowest BCUT2D eigenvalue weighted by atomic mass is 10.1. The van der Waals surface area contributed by atoms with Gasteiger partial charge in [-0.2, -0.15) is 0 Å². The van der Waals surface area contributed by atoms with Gasteiger partial charge in [-0.15, -0.1) is 0 Å². The fourth-order valence-electron chi connectivity index (χ4n) is 1.99. The van der Waals surface area contributed by atoms with Gasteiger partial charge in [0.05, 0.1) is 6.61 Å². The van der Waals surface area contributed by atoms with Crippen molar-refractivity contribution in [2.75, 3.05) is 6.61 Å². The zero-order valence-corrected chi connectivity index (χ0v) is 12.0. The van der Waals surface area contributed by atoms with Crippen molar-refractivity contribution in [3.8, 4) is 0 Å². The molecule has 0 saturated carbocycles. The van der Waals surface area contributed by atoms with E-state index in [2.05, 4.69) is 0 Å². The highest BCUT2D eigenvalue weighted by Crippen LogP contribution is 2.12. The lowest BCUT2D eigenvalue weighted by Crippen LogP contribution is -2.29. The Labute approximate surface area is 118 Å². The normalized spacial score (nSPS) is 12.6. The molecular formula is C16H19NO3. The smallest absolute Gasteiger partial charge is 0.328 e. The second-order valence-electron chi connectivity index (χ2n) is 5.32. The minimum atomic E-state index is -0.620. The van der Waals surface area contributed by atoms with E-state index in [1.54, 1.807) is 19.2 Å². The molecule has 0 radical (unpaired) electrons. The largest absolute Gasteiger partial charge is 0.464 e. The molecule has 1 aromatic carbocycles. The number of carbonyl (C=O) groups is 1. The summed E-state index contributed by atoms with van der Waals surface area (Å²) in [6.07, 6.45) is 1.64. The summed E-state index contributed by atoms with van der Waals surface area (Å²) in [6.45, 7) is 5.99. The summed E-state index contributed by atoms with van der Waals surface area (Å²) in [6, 6.07) is 8.56. The SMILES string of the molecule is CC(C)COC(=O)C(C)n1ccc2ccccc2c1=O. The van der Waals surface area contributed by atoms with Gasteiger partial charge in [0, 0.05) is 11.6 Å². The van der Waals surface area contributed by atoms with Crippen molar-refractivity contribution in [1.82, 2.24) is 4.57 Å². The standard InChI is InChI=1S/C16H19NO3/c1-11(2)10-20-16(19)12(3)17-9-8-13-6-4-5-7-14(13)15(17)18/h4-9,11-12H,10H2,1-3H3. The van der Waals surface area contributed by atoms with Gasteiger partial charge in [0.25, 0.3) is 5.56 Å². The van der Waals surface area contributed by atoms with Crippen LogP contribution in [0.4, 0.5) is 0 Å². The molecule has 1 aromatic heterocycles. The Morgan fingerprint density at radius 2 is 1.90 bits per heavy atom. The van der Waals surface area contributed by atoms with E-state index >= 15 is 0 Å². The van der Waals surface area contributed by atoms with Crippen LogP contribution in [0.25, 0.3) is 10.8 Å². The topological polar surface area (TPSA) is 48.3 Å². The number of pyridine rings is 1. The Morgan fingerprint density at radius 1 is 1.20 bits per heavy atom. The van der Waals surface area contributed by atoms with Crippen LogP contribution >= 0.6 is 0 Å². The first-order valence-corrected chi connectivity index (χ1v) is 6.77. The van der Waals surface area contributed by atoms with E-state index in [1.165, 1.54) is 4.57 Å². The summed E-state index contributed by atoms with van der Waals surface area (Å²) in [5.74, 6) is -0.101. The molecule has 0 fully saturated rings. The van der Waals surface area contributed by atoms with Crippen LogP contribution in [0.15, 0.2) is 41.3 Å². The van der Waals surface area contributed by atoms with E-state index in [-0.39, 0.29) is 17.4 Å². The predicted octanol–water partition coefficient (Wildman–Crippen LogP) is 2.76. The van der Waals surface area contributed by atoms with Crippen LogP contribution in [0.1, 0.15) is 26.8 Å². The van der Waals surface area contributed by atoms with Gasteiger partial charge in [0.1, 0.15) is 6.04 Å². The first-order chi connectivity index (χ1) is 9.50. The van der Waals surface area contributed by atoms with Crippen LogP contribution in [0.3, 0.4) is 0 Å². The fourth-order valence-corrected chi connectivity index (χ4v) is 1.99. The lowest BCUT2D eigenvalue weighted by Gasteiger charge is -2.16. The molecule has 4 nitrogen and oxygen atoms in total. The number of hydrogen-bond acceptors (Lipinski definition) is 3. The molecule has 0 bridgehead atoms. The fraction of sp³-hybridized carbons (Fsp3) is 0.375. The number of fused-ring (bicyclic) bond motifs is 1. The molecule has 0 amide bonds. The highest BCUT2D eigenvalue weighted by Gasteiger charge is 2.18. The molecule has 1 atom stereocenters. The van der Waals surface area contributed by atoms with Crippen molar-refractivity contribution in [3.63, 3.8) is 0 Å². The summed E-state index contributed by atoms with van der Waals surface area (Å²) in [5.41, 5.74) is -0.169. The van der Waals surface area contributed by atoms with E-state index in [0.29, 0.717) is 12.0 Å². The molecular weight excluding hydrogens is 254 g/mol. The van der Waals surface area contributed by atoms with Crippen molar-refractivity contribution in [2.45, 2.75) is 26.8 Å². The summed E-state index contributed by atoms with van der Waals surface area (Å²) >= 11 is 0. The maximum absolute atomic E-state index is 12.4. The zero-order valence-electron chi connectivity index (χ0n) is 12.0. The van der Waals surface area contributed by atoms with E-state index in [0.717, 1.165) is 5.39 Å². The number of nitrogens with zero attached hydrogens (tertiary/aromatic N) is 1. The Balaban J connectivity index is 2.31. The van der Waals surface area contributed by atoms with Gasteiger partial charge in [-0.25, -0.2) is 4.79 Å². The van der Waals surface area contributed by atoms with Gasteiger partial charge in [0.15, 0.2) is 0 Å². The highest BCUT2D eigenvalue weighted by molar-refractivity contribution is 5.82. The summed E-state index contributed by atoms with van der Waals surface area (Å²) in [7, 11) is 0. The number of rotatable bonds is 4. The van der Waals surface area contributed by atoms with E-state index in [1.807, 2.05) is 38.1 Å². The third kappa shape index (κ3) is 2.90. The zero-order chi connectivity index (χ0) is 14.7. The van der Waals surface area contributed by atoms with E-state index in [4.69, 9.17) is 4.74 Å². The Morgan fingerprint density at radius 3 is 2.60 bits per heavy atom. The average molecular weight is 273 g/mol. The van der Waals surface area contributed by atoms with Crippen LogP contribution in [0, 0.1) is 5.92 Å². The van der Waals surface area contributed by atoms with Gasteiger partial charge >= 0.3 is 5.97 Å². The number of hydrogen-bond donors (Lipinski definition) is 0. The molecule has 0 spiro atoms. The molecule has 0 aliphatic heterocycles. The van der Waals surface area contributed by atoms with Crippen LogP contribution < -0.4 is 5.56 Å². The van der Waals surface area contributed by atoms with Gasteiger partial charge in [-0.05, 0) is 30.4 Å². The van der Waals surface area contributed by atoms with E-state index < -0.39 is 6.04 Å². The van der Waals surface area contributed by atoms with Crippen molar-refractivity contribution in [3.05, 3.63) is 46.9 Å². The first-order valence-electron chi connectivity index (χ1n) is 6.77. The van der Waals surface area contributed by atoms with Gasteiger partial charge in [-0.1, -0.05) is 32.0 Å². The van der Waals surface area contributed by atoms with Crippen LogP contribution in [-0.4, -0.2) is 17.1 Å². The lowest BCUT2D eigenvalue weighted by molar-refractivity contribution is -0.148. The number of esters is 1. The molecule has 2 rings (SSSR count). The van der Waals surface area contributed by atoms with Gasteiger partial charge in [-0.3, -0.25) is 4.79 Å². The first kappa shape index (κ1) is 14.3. The van der Waals surface area contributed by atoms with E-state index in [9.17, 15) is 9.59 Å². The predicted molar refractivity (Wildman–Crippen MR) is 78.7 cm³/mol. The van der Waals surface area contributed by atoms with Crippen LogP contribution in [0.2, 0.25) is 0 Å². The molecule has 1 heterocycles. The molecule has 0 aliphatic carbocycles. The highest BCUT2D eigenvalue weighted by atomic mass is 16.5. The Hall–Kier alpha value is -2.10. The van der Waals surface area contributed by atoms with Gasteiger partial charge < -0.3 is 9.30 Å². The number of ether oxygens (including phenoxy) is 1. The minimum absolute atomic E-state index is 0.169. The number of benzene rings is 1. The van der Waals surface area contributed by atoms with Gasteiger partial charge in [0.2, 0.25) is 0 Å². The second kappa shape index (κ2) is 5.90. The number of carbonyl (C=O) groups excluding carboxylic acids is 1. The summed E-state index contributed by atoms with van der Waals surface area (Å²) < 4.78 is 6.61. The summed E-state index contributed by atoms with van der Waals surface area (Å²) in [4.78, 5) is 24.3. The minimum Gasteiger partial charge on any atom is -0.464 e. The third-order valence-corrected chi connectivity index (χ3v) is 3.16. The third-order valence-electron chi connectivity index (χ3n) is 3.16. The second-order valence-corrected chi connectivity index (χ2v) is 5.32. The molecule has 106 valence electrons. The Kier molecular flexibility index (Phi) is 4.23. The maximum atomic E-state index is 12.4. The average Bonchev–Trinajstić information content (AvgIpc) is 2.44. The van der Waals surface area contributed by atoms with Crippen LogP contribution in [0.5, 0.6) is 0 Å². The van der Waals surface area contributed by atoms with Crippen LogP contribution in [-0.2, 0) is 9.53 Å². The molecule has 1 unspecified atom stereocenters. The monoisotopic (exact) mass is 273 g/mol.